The van der Waals surface area contributed by atoms with Crippen molar-refractivity contribution < 1.29 is 9.84 Å². The number of hydrogen-bond donors (Lipinski definition) is 2. The highest BCUT2D eigenvalue weighted by atomic mass is 16.5. The molecule has 0 unspecified atom stereocenters. The highest BCUT2D eigenvalue weighted by molar-refractivity contribution is 5.85. The van der Waals surface area contributed by atoms with Gasteiger partial charge in [-0.25, -0.2) is 4.79 Å². The van der Waals surface area contributed by atoms with Crippen molar-refractivity contribution in [3.05, 3.63) is 80.1 Å². The first kappa shape index (κ1) is 17.1. The molecule has 25 heavy (non-hydrogen) atoms. The number of hydrogen-bond acceptors (Lipinski definition) is 4. The van der Waals surface area contributed by atoms with E-state index < -0.39 is 11.2 Å². The number of nitrogens with one attached hydrogen (secondary N) is 1. The summed E-state index contributed by atoms with van der Waals surface area (Å²) in [6, 6.07) is 14.0. The van der Waals surface area contributed by atoms with Crippen molar-refractivity contribution in [2.24, 2.45) is 0 Å². The topological polar surface area (TPSA) is 84.3 Å². The molecule has 0 atom stereocenters. The van der Waals surface area contributed by atoms with Crippen LogP contribution in [0.1, 0.15) is 16.8 Å². The van der Waals surface area contributed by atoms with Gasteiger partial charge in [0.25, 0.3) is 5.56 Å². The summed E-state index contributed by atoms with van der Waals surface area (Å²) in [6.07, 6.45) is 0.439. The predicted octanol–water partition coefficient (Wildman–Crippen LogP) is 1.56. The Morgan fingerprint density at radius 1 is 1.12 bits per heavy atom. The number of ether oxygens (including phenoxy) is 1. The Balaban J connectivity index is 2.09. The molecule has 0 bridgehead atoms. The largest absolute Gasteiger partial charge is 0.394 e. The number of H-pyrrole nitrogens is 1. The van der Waals surface area contributed by atoms with Crippen LogP contribution in [0.4, 0.5) is 0 Å². The van der Waals surface area contributed by atoms with Crippen LogP contribution in [-0.2, 0) is 17.9 Å². The Morgan fingerprint density at radius 3 is 2.68 bits per heavy atom. The monoisotopic (exact) mass is 340 g/mol. The molecule has 1 heterocycles. The first-order chi connectivity index (χ1) is 12.1. The molecule has 130 valence electrons. The normalized spacial score (nSPS) is 11.1. The number of nitrogens with zero attached hydrogens (tertiary/aromatic N) is 1. The van der Waals surface area contributed by atoms with Crippen LogP contribution in [0, 0.1) is 6.92 Å². The number of fused-ring (bicyclic) bond motifs is 1. The van der Waals surface area contributed by atoms with Crippen molar-refractivity contribution >= 4 is 10.8 Å². The second-order valence-corrected chi connectivity index (χ2v) is 5.84. The molecule has 3 rings (SSSR count). The maximum atomic E-state index is 12.2. The lowest BCUT2D eigenvalue weighted by molar-refractivity contribution is 0.0442. The smallest absolute Gasteiger partial charge is 0.330 e. The number of benzene rings is 2. The van der Waals surface area contributed by atoms with Gasteiger partial charge in [-0.2, -0.15) is 0 Å². The minimum Gasteiger partial charge on any atom is -0.394 e. The molecule has 0 amide bonds. The molecule has 6 nitrogen and oxygen atoms in total. The number of aliphatic hydroxyl groups is 1. The zero-order valence-corrected chi connectivity index (χ0v) is 14.0. The van der Waals surface area contributed by atoms with Gasteiger partial charge >= 0.3 is 5.69 Å². The number of aromatic nitrogens is 2. The molecule has 1 aromatic heterocycles. The van der Waals surface area contributed by atoms with E-state index in [1.54, 1.807) is 6.92 Å². The second-order valence-electron chi connectivity index (χ2n) is 5.84. The molecule has 0 saturated carbocycles. The van der Waals surface area contributed by atoms with E-state index in [0.29, 0.717) is 17.7 Å². The van der Waals surface area contributed by atoms with E-state index in [1.807, 2.05) is 42.5 Å². The zero-order valence-electron chi connectivity index (χ0n) is 14.0. The number of aliphatic hydroxyl groups excluding tert-OH is 1. The number of rotatable bonds is 6. The number of aromatic amines is 1. The Hall–Kier alpha value is -2.70. The van der Waals surface area contributed by atoms with Gasteiger partial charge in [0.05, 0.1) is 13.2 Å². The standard InChI is InChI=1S/C19H20N2O4/c1-13-17(21(12-25-10-9-22)19(24)20-18(13)23)11-15-7-4-6-14-5-2-3-8-16(14)15/h2-8,22H,9-12H2,1H3,(H,20,23,24). The Kier molecular flexibility index (Phi) is 5.11. The van der Waals surface area contributed by atoms with Crippen molar-refractivity contribution in [1.82, 2.24) is 9.55 Å². The van der Waals surface area contributed by atoms with Crippen molar-refractivity contribution in [1.29, 1.82) is 0 Å². The van der Waals surface area contributed by atoms with E-state index >= 15 is 0 Å². The SMILES string of the molecule is Cc1c(Cc2cccc3ccccc23)n(COCCO)c(=O)[nH]c1=O. The summed E-state index contributed by atoms with van der Waals surface area (Å²) < 4.78 is 6.71. The van der Waals surface area contributed by atoms with Crippen LogP contribution in [0.2, 0.25) is 0 Å². The summed E-state index contributed by atoms with van der Waals surface area (Å²) in [5.74, 6) is 0. The third kappa shape index (κ3) is 3.55. The molecular formula is C19H20N2O4. The van der Waals surface area contributed by atoms with Crippen molar-refractivity contribution in [3.63, 3.8) is 0 Å². The van der Waals surface area contributed by atoms with Gasteiger partial charge in [-0.1, -0.05) is 42.5 Å². The maximum Gasteiger partial charge on any atom is 0.330 e. The fourth-order valence-corrected chi connectivity index (χ4v) is 2.93. The van der Waals surface area contributed by atoms with E-state index in [9.17, 15) is 9.59 Å². The van der Waals surface area contributed by atoms with E-state index in [2.05, 4.69) is 4.98 Å². The van der Waals surface area contributed by atoms with Gasteiger partial charge in [0, 0.05) is 17.7 Å². The molecule has 2 N–H and O–H groups in total. The van der Waals surface area contributed by atoms with Crippen LogP contribution in [0.15, 0.2) is 52.1 Å². The first-order valence-corrected chi connectivity index (χ1v) is 8.09. The third-order valence-corrected chi connectivity index (χ3v) is 4.26. The molecule has 0 aliphatic heterocycles. The van der Waals surface area contributed by atoms with Gasteiger partial charge in [-0.15, -0.1) is 0 Å². The van der Waals surface area contributed by atoms with Gasteiger partial charge < -0.3 is 9.84 Å². The first-order valence-electron chi connectivity index (χ1n) is 8.09. The zero-order chi connectivity index (χ0) is 17.8. The van der Waals surface area contributed by atoms with Crippen LogP contribution in [0.3, 0.4) is 0 Å². The van der Waals surface area contributed by atoms with E-state index in [0.717, 1.165) is 16.3 Å². The minimum absolute atomic E-state index is 0.0168. The minimum atomic E-state index is -0.510. The van der Waals surface area contributed by atoms with Gasteiger partial charge in [0.1, 0.15) is 6.73 Å². The average molecular weight is 340 g/mol. The lowest BCUT2D eigenvalue weighted by atomic mass is 9.99. The summed E-state index contributed by atoms with van der Waals surface area (Å²) in [6.45, 7) is 1.67. The summed E-state index contributed by atoms with van der Waals surface area (Å²) in [4.78, 5) is 26.6. The van der Waals surface area contributed by atoms with Gasteiger partial charge in [0.2, 0.25) is 0 Å². The second kappa shape index (κ2) is 7.46. The fourth-order valence-electron chi connectivity index (χ4n) is 2.93. The fraction of sp³-hybridized carbons (Fsp3) is 0.263. The van der Waals surface area contributed by atoms with Crippen molar-refractivity contribution in [3.8, 4) is 0 Å². The highest BCUT2D eigenvalue weighted by Crippen LogP contribution is 2.21. The molecule has 0 saturated heterocycles. The quantitative estimate of drug-likeness (QED) is 0.667. The molecular weight excluding hydrogens is 320 g/mol. The predicted molar refractivity (Wildman–Crippen MR) is 95.9 cm³/mol. The van der Waals surface area contributed by atoms with Crippen LogP contribution in [0.5, 0.6) is 0 Å². The van der Waals surface area contributed by atoms with Crippen LogP contribution < -0.4 is 11.2 Å². The average Bonchev–Trinajstić information content (AvgIpc) is 2.62. The molecule has 0 aliphatic rings. The van der Waals surface area contributed by atoms with Gasteiger partial charge in [-0.3, -0.25) is 14.3 Å². The summed E-state index contributed by atoms with van der Waals surface area (Å²) in [5, 5.41) is 11.1. The molecule has 0 fully saturated rings. The van der Waals surface area contributed by atoms with Crippen molar-refractivity contribution in [2.75, 3.05) is 13.2 Å². The Labute approximate surface area is 144 Å². The lowest BCUT2D eigenvalue weighted by Crippen LogP contribution is -2.35. The molecule has 0 aliphatic carbocycles. The van der Waals surface area contributed by atoms with Gasteiger partial charge in [-0.05, 0) is 23.3 Å². The Bertz CT molecular complexity index is 999. The molecule has 2 aromatic carbocycles. The maximum absolute atomic E-state index is 12.2. The Morgan fingerprint density at radius 2 is 1.88 bits per heavy atom. The summed E-state index contributed by atoms with van der Waals surface area (Å²) >= 11 is 0. The molecule has 3 aromatic rings. The molecule has 0 spiro atoms. The van der Waals surface area contributed by atoms with E-state index in [1.165, 1.54) is 4.57 Å². The lowest BCUT2D eigenvalue weighted by Gasteiger charge is -2.15. The van der Waals surface area contributed by atoms with Crippen LogP contribution >= 0.6 is 0 Å². The van der Waals surface area contributed by atoms with E-state index in [-0.39, 0.29) is 19.9 Å². The molecule has 0 radical (unpaired) electrons. The summed E-state index contributed by atoms with van der Waals surface area (Å²) in [5.41, 5.74) is 1.23. The van der Waals surface area contributed by atoms with E-state index in [4.69, 9.17) is 9.84 Å². The van der Waals surface area contributed by atoms with Crippen LogP contribution in [0.25, 0.3) is 10.8 Å². The summed E-state index contributed by atoms with van der Waals surface area (Å²) in [7, 11) is 0. The van der Waals surface area contributed by atoms with Crippen LogP contribution in [-0.4, -0.2) is 27.9 Å². The molecule has 6 heteroatoms. The van der Waals surface area contributed by atoms with Crippen molar-refractivity contribution in [2.45, 2.75) is 20.1 Å². The highest BCUT2D eigenvalue weighted by Gasteiger charge is 2.13. The van der Waals surface area contributed by atoms with Gasteiger partial charge in [0.15, 0.2) is 0 Å². The third-order valence-electron chi connectivity index (χ3n) is 4.26.